The Morgan fingerprint density at radius 2 is 2.29 bits per heavy atom. The van der Waals surface area contributed by atoms with Gasteiger partial charge in [0.2, 0.25) is 5.82 Å². The molecule has 2 aromatic heterocycles. The molecule has 0 aliphatic heterocycles. The van der Waals surface area contributed by atoms with Crippen LogP contribution in [0.3, 0.4) is 0 Å². The van der Waals surface area contributed by atoms with E-state index in [-0.39, 0.29) is 6.10 Å². The quantitative estimate of drug-likeness (QED) is 0.812. The molecule has 2 heterocycles. The van der Waals surface area contributed by atoms with E-state index in [1.165, 1.54) is 0 Å². The minimum Gasteiger partial charge on any atom is -0.372 e. The summed E-state index contributed by atoms with van der Waals surface area (Å²) in [6.45, 7) is 2.00. The van der Waals surface area contributed by atoms with Crippen LogP contribution in [0.15, 0.2) is 27.5 Å². The van der Waals surface area contributed by atoms with Crippen LogP contribution in [0.2, 0.25) is 0 Å². The molecule has 0 saturated carbocycles. The van der Waals surface area contributed by atoms with Crippen LogP contribution in [-0.2, 0) is 4.74 Å². The van der Waals surface area contributed by atoms with Crippen molar-refractivity contribution in [3.63, 3.8) is 0 Å². The molecule has 2 aromatic rings. The van der Waals surface area contributed by atoms with Gasteiger partial charge in [0.1, 0.15) is 10.7 Å². The van der Waals surface area contributed by atoms with Crippen molar-refractivity contribution in [1.29, 1.82) is 0 Å². The fourth-order valence-corrected chi connectivity index (χ4v) is 1.67. The molecule has 5 nitrogen and oxygen atoms in total. The lowest BCUT2D eigenvalue weighted by Gasteiger charge is -2.05. The Balaban J connectivity index is 2.26. The number of nitrogens with zero attached hydrogens (tertiary/aromatic N) is 3. The first kappa shape index (κ1) is 12.2. The predicted octanol–water partition coefficient (Wildman–Crippen LogP) is 2.99. The van der Waals surface area contributed by atoms with Gasteiger partial charge in [-0.3, -0.25) is 0 Å². The molecule has 6 heteroatoms. The second-order valence-corrected chi connectivity index (χ2v) is 4.27. The van der Waals surface area contributed by atoms with Crippen LogP contribution in [-0.4, -0.2) is 22.2 Å². The zero-order chi connectivity index (χ0) is 12.3. The summed E-state index contributed by atoms with van der Waals surface area (Å²) in [6.07, 6.45) is 2.32. The SMILES string of the molecule is CCC(OC)c1nc(-c2ccc(Br)nc2)no1. The molecule has 0 saturated heterocycles. The topological polar surface area (TPSA) is 61.0 Å². The molecule has 0 fully saturated rings. The largest absolute Gasteiger partial charge is 0.372 e. The standard InChI is InChI=1S/C11H12BrN3O2/c1-3-8(16-2)11-14-10(15-17-11)7-4-5-9(12)13-6-7/h4-6,8H,3H2,1-2H3. The smallest absolute Gasteiger partial charge is 0.256 e. The van der Waals surface area contributed by atoms with Crippen molar-refractivity contribution in [2.45, 2.75) is 19.4 Å². The van der Waals surface area contributed by atoms with Crippen LogP contribution >= 0.6 is 15.9 Å². The van der Waals surface area contributed by atoms with Gasteiger partial charge in [-0.15, -0.1) is 0 Å². The van der Waals surface area contributed by atoms with Crippen molar-refractivity contribution in [2.75, 3.05) is 7.11 Å². The van der Waals surface area contributed by atoms with Gasteiger partial charge in [0.15, 0.2) is 0 Å². The Morgan fingerprint density at radius 1 is 1.47 bits per heavy atom. The molecule has 0 aliphatic rings. The fraction of sp³-hybridized carbons (Fsp3) is 0.364. The Bertz CT molecular complexity index is 480. The van der Waals surface area contributed by atoms with Crippen molar-refractivity contribution in [2.24, 2.45) is 0 Å². The van der Waals surface area contributed by atoms with Gasteiger partial charge in [0.25, 0.3) is 5.89 Å². The van der Waals surface area contributed by atoms with E-state index in [9.17, 15) is 0 Å². The second-order valence-electron chi connectivity index (χ2n) is 3.46. The molecule has 0 N–H and O–H groups in total. The minimum atomic E-state index is -0.153. The molecule has 0 aliphatic carbocycles. The van der Waals surface area contributed by atoms with E-state index in [1.54, 1.807) is 13.3 Å². The molecule has 2 rings (SSSR count). The monoisotopic (exact) mass is 297 g/mol. The number of pyridine rings is 1. The summed E-state index contributed by atoms with van der Waals surface area (Å²) in [5.41, 5.74) is 0.814. The van der Waals surface area contributed by atoms with Crippen LogP contribution in [0.4, 0.5) is 0 Å². The van der Waals surface area contributed by atoms with Crippen molar-refractivity contribution >= 4 is 15.9 Å². The highest BCUT2D eigenvalue weighted by Gasteiger charge is 2.17. The first-order valence-electron chi connectivity index (χ1n) is 5.23. The zero-order valence-electron chi connectivity index (χ0n) is 9.55. The number of rotatable bonds is 4. The zero-order valence-corrected chi connectivity index (χ0v) is 11.1. The number of ether oxygens (including phenoxy) is 1. The molecule has 0 spiro atoms. The van der Waals surface area contributed by atoms with E-state index < -0.39 is 0 Å². The Kier molecular flexibility index (Phi) is 3.86. The number of methoxy groups -OCH3 is 1. The highest BCUT2D eigenvalue weighted by Crippen LogP contribution is 2.22. The number of hydrogen-bond acceptors (Lipinski definition) is 5. The predicted molar refractivity (Wildman–Crippen MR) is 65.3 cm³/mol. The maximum absolute atomic E-state index is 5.23. The van der Waals surface area contributed by atoms with Crippen LogP contribution in [0.5, 0.6) is 0 Å². The average molecular weight is 298 g/mol. The molecule has 0 amide bonds. The van der Waals surface area contributed by atoms with E-state index in [2.05, 4.69) is 31.1 Å². The Morgan fingerprint density at radius 3 is 2.88 bits per heavy atom. The van der Waals surface area contributed by atoms with Gasteiger partial charge in [0.05, 0.1) is 0 Å². The average Bonchev–Trinajstić information content (AvgIpc) is 2.81. The summed E-state index contributed by atoms with van der Waals surface area (Å²) < 4.78 is 11.2. The molecule has 17 heavy (non-hydrogen) atoms. The highest BCUT2D eigenvalue weighted by molar-refractivity contribution is 9.10. The van der Waals surface area contributed by atoms with Gasteiger partial charge in [-0.2, -0.15) is 4.98 Å². The first-order valence-corrected chi connectivity index (χ1v) is 6.02. The molecule has 90 valence electrons. The summed E-state index contributed by atoms with van der Waals surface area (Å²) in [7, 11) is 1.62. The van der Waals surface area contributed by atoms with E-state index in [0.717, 1.165) is 16.6 Å². The minimum absolute atomic E-state index is 0.153. The summed E-state index contributed by atoms with van der Waals surface area (Å²) in [6, 6.07) is 3.71. The lowest BCUT2D eigenvalue weighted by atomic mass is 10.2. The molecule has 1 atom stereocenters. The number of hydrogen-bond donors (Lipinski definition) is 0. The third kappa shape index (κ3) is 2.70. The fourth-order valence-electron chi connectivity index (χ4n) is 1.43. The van der Waals surface area contributed by atoms with E-state index in [0.29, 0.717) is 11.7 Å². The van der Waals surface area contributed by atoms with Gasteiger partial charge < -0.3 is 9.26 Å². The lowest BCUT2D eigenvalue weighted by molar-refractivity contribution is 0.0706. The van der Waals surface area contributed by atoms with Crippen LogP contribution in [0.1, 0.15) is 25.3 Å². The highest BCUT2D eigenvalue weighted by atomic mass is 79.9. The number of aromatic nitrogens is 3. The van der Waals surface area contributed by atoms with Gasteiger partial charge >= 0.3 is 0 Å². The molecular formula is C11H12BrN3O2. The molecule has 0 aromatic carbocycles. The molecular weight excluding hydrogens is 286 g/mol. The van der Waals surface area contributed by atoms with Gasteiger partial charge in [-0.25, -0.2) is 4.98 Å². The normalized spacial score (nSPS) is 12.6. The number of halogens is 1. The summed E-state index contributed by atoms with van der Waals surface area (Å²) in [5.74, 6) is 1.02. The van der Waals surface area contributed by atoms with Gasteiger partial charge in [-0.05, 0) is 34.5 Å². The third-order valence-corrected chi connectivity index (χ3v) is 2.83. The van der Waals surface area contributed by atoms with Crippen molar-refractivity contribution in [3.05, 3.63) is 28.8 Å². The van der Waals surface area contributed by atoms with Crippen LogP contribution < -0.4 is 0 Å². The molecule has 0 bridgehead atoms. The third-order valence-electron chi connectivity index (χ3n) is 2.36. The summed E-state index contributed by atoms with van der Waals surface area (Å²) in [5, 5.41) is 3.91. The lowest BCUT2D eigenvalue weighted by Crippen LogP contribution is -1.99. The van der Waals surface area contributed by atoms with E-state index in [4.69, 9.17) is 9.26 Å². The maximum atomic E-state index is 5.23. The summed E-state index contributed by atoms with van der Waals surface area (Å²) >= 11 is 3.27. The van der Waals surface area contributed by atoms with Gasteiger partial charge in [0, 0.05) is 18.9 Å². The van der Waals surface area contributed by atoms with Crippen molar-refractivity contribution in [3.8, 4) is 11.4 Å². The van der Waals surface area contributed by atoms with E-state index >= 15 is 0 Å². The Hall–Kier alpha value is -1.27. The van der Waals surface area contributed by atoms with E-state index in [1.807, 2.05) is 19.1 Å². The van der Waals surface area contributed by atoms with Gasteiger partial charge in [-0.1, -0.05) is 12.1 Å². The van der Waals surface area contributed by atoms with Crippen molar-refractivity contribution < 1.29 is 9.26 Å². The molecule has 0 radical (unpaired) electrons. The van der Waals surface area contributed by atoms with Crippen molar-refractivity contribution in [1.82, 2.24) is 15.1 Å². The Labute approximate surface area is 107 Å². The maximum Gasteiger partial charge on any atom is 0.256 e. The van der Waals surface area contributed by atoms with Crippen LogP contribution in [0.25, 0.3) is 11.4 Å². The van der Waals surface area contributed by atoms with Crippen LogP contribution in [0, 0.1) is 0 Å². The first-order chi connectivity index (χ1) is 8.24. The second kappa shape index (κ2) is 5.37. The summed E-state index contributed by atoms with van der Waals surface area (Å²) in [4.78, 5) is 8.41. The molecule has 1 unspecified atom stereocenters.